The number of allylic oxidation sites excluding steroid dienone is 6. The first-order valence-corrected chi connectivity index (χ1v) is 30.2. The molecular formula is C59H107NO18. The first-order valence-electron chi connectivity index (χ1n) is 30.2. The number of amides is 1. The topological polar surface area (TPSA) is 307 Å². The SMILES string of the molecule is CCCCCCC/C=C\C/C=C\C/C=C\CCCCCCCCCCCCC(=O)NC(COC1OC(CO)C(OC2OC(CO)C(OC3OC(CO)C(O)C(O)C3O)C(O)C2O)C(O)C1O)C(O)CCCCCCCCCC. The lowest BCUT2D eigenvalue weighted by Crippen LogP contribution is -2.66. The summed E-state index contributed by atoms with van der Waals surface area (Å²) in [5, 5.41) is 120. The van der Waals surface area contributed by atoms with Gasteiger partial charge in [0.1, 0.15) is 73.2 Å². The van der Waals surface area contributed by atoms with Gasteiger partial charge in [-0.05, 0) is 51.4 Å². The van der Waals surface area contributed by atoms with Gasteiger partial charge < -0.3 is 89.9 Å². The smallest absolute Gasteiger partial charge is 0.220 e. The van der Waals surface area contributed by atoms with E-state index in [1.807, 2.05) is 0 Å². The number of carbonyl (C=O) groups excluding carboxylic acids is 1. The first kappa shape index (κ1) is 70.3. The zero-order valence-corrected chi connectivity index (χ0v) is 47.4. The molecule has 3 aliphatic heterocycles. The number of hydrogen-bond acceptors (Lipinski definition) is 18. The van der Waals surface area contributed by atoms with E-state index in [9.17, 15) is 61.0 Å². The molecule has 0 aromatic rings. The van der Waals surface area contributed by atoms with Gasteiger partial charge in [0.25, 0.3) is 0 Å². The maximum Gasteiger partial charge on any atom is 0.220 e. The van der Waals surface area contributed by atoms with Crippen LogP contribution in [-0.4, -0.2) is 193 Å². The molecule has 0 bridgehead atoms. The number of ether oxygens (including phenoxy) is 6. The van der Waals surface area contributed by atoms with Gasteiger partial charge in [-0.1, -0.05) is 179 Å². The molecule has 0 aliphatic carbocycles. The van der Waals surface area contributed by atoms with E-state index < -0.39 is 124 Å². The first-order chi connectivity index (χ1) is 37.8. The van der Waals surface area contributed by atoms with Crippen molar-refractivity contribution in [3.8, 4) is 0 Å². The van der Waals surface area contributed by atoms with E-state index in [0.29, 0.717) is 12.8 Å². The number of rotatable bonds is 44. The minimum absolute atomic E-state index is 0.251. The van der Waals surface area contributed by atoms with Gasteiger partial charge in [0.05, 0.1) is 38.6 Å². The molecule has 12 N–H and O–H groups in total. The van der Waals surface area contributed by atoms with Crippen molar-refractivity contribution in [1.82, 2.24) is 5.32 Å². The Morgan fingerprint density at radius 1 is 0.462 bits per heavy atom. The molecule has 17 atom stereocenters. The van der Waals surface area contributed by atoms with Crippen LogP contribution in [-0.2, 0) is 33.2 Å². The number of nitrogens with one attached hydrogen (secondary N) is 1. The van der Waals surface area contributed by atoms with E-state index in [4.69, 9.17) is 28.4 Å². The molecule has 0 aromatic heterocycles. The number of carbonyl (C=O) groups is 1. The summed E-state index contributed by atoms with van der Waals surface area (Å²) in [5.41, 5.74) is 0. The second kappa shape index (κ2) is 42.8. The van der Waals surface area contributed by atoms with Crippen molar-refractivity contribution in [2.24, 2.45) is 0 Å². The Morgan fingerprint density at radius 2 is 0.846 bits per heavy atom. The molecule has 19 heteroatoms. The van der Waals surface area contributed by atoms with Crippen molar-refractivity contribution in [2.45, 2.75) is 304 Å². The van der Waals surface area contributed by atoms with Crippen molar-refractivity contribution >= 4 is 5.91 Å². The van der Waals surface area contributed by atoms with Crippen LogP contribution in [0.25, 0.3) is 0 Å². The fourth-order valence-electron chi connectivity index (χ4n) is 10.2. The highest BCUT2D eigenvalue weighted by molar-refractivity contribution is 5.76. The average molecular weight is 1120 g/mol. The van der Waals surface area contributed by atoms with Crippen molar-refractivity contribution < 1.29 is 89.4 Å². The van der Waals surface area contributed by atoms with Crippen molar-refractivity contribution in [3.63, 3.8) is 0 Å². The third kappa shape index (κ3) is 26.5. The molecule has 3 saturated heterocycles. The monoisotopic (exact) mass is 1120 g/mol. The quantitative estimate of drug-likeness (QED) is 0.0271. The fourth-order valence-corrected chi connectivity index (χ4v) is 10.2. The minimum Gasteiger partial charge on any atom is -0.394 e. The van der Waals surface area contributed by atoms with E-state index >= 15 is 0 Å². The van der Waals surface area contributed by atoms with E-state index in [2.05, 4.69) is 55.6 Å². The van der Waals surface area contributed by atoms with Crippen LogP contribution in [0.5, 0.6) is 0 Å². The summed E-state index contributed by atoms with van der Waals surface area (Å²) in [6.45, 7) is 1.72. The molecule has 78 heavy (non-hydrogen) atoms. The van der Waals surface area contributed by atoms with Gasteiger partial charge in [-0.3, -0.25) is 4.79 Å². The van der Waals surface area contributed by atoms with Crippen molar-refractivity contribution in [3.05, 3.63) is 36.5 Å². The van der Waals surface area contributed by atoms with Crippen LogP contribution in [0.3, 0.4) is 0 Å². The molecule has 17 unspecified atom stereocenters. The van der Waals surface area contributed by atoms with Crippen LogP contribution in [0.1, 0.15) is 200 Å². The van der Waals surface area contributed by atoms with E-state index in [1.165, 1.54) is 96.3 Å². The molecule has 0 saturated carbocycles. The lowest BCUT2D eigenvalue weighted by atomic mass is 9.96. The predicted octanol–water partition coefficient (Wildman–Crippen LogP) is 5.32. The molecule has 3 fully saturated rings. The van der Waals surface area contributed by atoms with Crippen LogP contribution in [0, 0.1) is 0 Å². The second-order valence-electron chi connectivity index (χ2n) is 21.8. The van der Waals surface area contributed by atoms with Gasteiger partial charge >= 0.3 is 0 Å². The third-order valence-corrected chi connectivity index (χ3v) is 15.2. The molecule has 3 heterocycles. The molecule has 19 nitrogen and oxygen atoms in total. The Balaban J connectivity index is 1.41. The maximum absolute atomic E-state index is 13.3. The molecule has 456 valence electrons. The molecule has 3 aliphatic rings. The summed E-state index contributed by atoms with van der Waals surface area (Å²) >= 11 is 0. The second-order valence-corrected chi connectivity index (χ2v) is 21.8. The maximum atomic E-state index is 13.3. The van der Waals surface area contributed by atoms with E-state index in [1.54, 1.807) is 0 Å². The number of hydrogen-bond donors (Lipinski definition) is 12. The number of unbranched alkanes of at least 4 members (excludes halogenated alkanes) is 22. The summed E-state index contributed by atoms with van der Waals surface area (Å²) in [6, 6.07) is -0.886. The highest BCUT2D eigenvalue weighted by Crippen LogP contribution is 2.33. The number of aliphatic hydroxyl groups is 11. The predicted molar refractivity (Wildman–Crippen MR) is 296 cm³/mol. The molecule has 0 aromatic carbocycles. The Bertz CT molecular complexity index is 1570. The molecule has 3 rings (SSSR count). The van der Waals surface area contributed by atoms with Crippen molar-refractivity contribution in [1.29, 1.82) is 0 Å². The highest BCUT2D eigenvalue weighted by atomic mass is 16.8. The van der Waals surface area contributed by atoms with Gasteiger partial charge in [-0.15, -0.1) is 0 Å². The van der Waals surface area contributed by atoms with Crippen LogP contribution in [0.4, 0.5) is 0 Å². The minimum atomic E-state index is -1.97. The molecule has 0 spiro atoms. The van der Waals surface area contributed by atoms with Crippen LogP contribution in [0.2, 0.25) is 0 Å². The fraction of sp³-hybridized carbons (Fsp3) is 0.881. The van der Waals surface area contributed by atoms with Gasteiger partial charge in [-0.25, -0.2) is 0 Å². The van der Waals surface area contributed by atoms with Crippen molar-refractivity contribution in [2.75, 3.05) is 26.4 Å². The molecular weight excluding hydrogens is 1010 g/mol. The zero-order valence-electron chi connectivity index (χ0n) is 47.4. The van der Waals surface area contributed by atoms with Gasteiger partial charge in [-0.2, -0.15) is 0 Å². The Hall–Kier alpha value is -1.99. The largest absolute Gasteiger partial charge is 0.394 e. The normalized spacial score (nSPS) is 30.7. The average Bonchev–Trinajstić information content (AvgIpc) is 3.48. The van der Waals surface area contributed by atoms with Crippen LogP contribution >= 0.6 is 0 Å². The third-order valence-electron chi connectivity index (χ3n) is 15.2. The van der Waals surface area contributed by atoms with Gasteiger partial charge in [0, 0.05) is 6.42 Å². The Kier molecular flexibility index (Phi) is 38.5. The molecule has 1 amide bonds. The van der Waals surface area contributed by atoms with E-state index in [0.717, 1.165) is 70.6 Å². The lowest BCUT2D eigenvalue weighted by molar-refractivity contribution is -0.379. The summed E-state index contributed by atoms with van der Waals surface area (Å²) in [4.78, 5) is 13.3. The van der Waals surface area contributed by atoms with Crippen LogP contribution < -0.4 is 5.32 Å². The Labute approximate surface area is 466 Å². The summed E-state index contributed by atoms with van der Waals surface area (Å²) < 4.78 is 34.2. The Morgan fingerprint density at radius 3 is 1.32 bits per heavy atom. The van der Waals surface area contributed by atoms with Gasteiger partial charge in [0.15, 0.2) is 18.9 Å². The zero-order chi connectivity index (χ0) is 56.9. The van der Waals surface area contributed by atoms with Gasteiger partial charge in [0.2, 0.25) is 5.91 Å². The van der Waals surface area contributed by atoms with E-state index in [-0.39, 0.29) is 18.9 Å². The lowest BCUT2D eigenvalue weighted by Gasteiger charge is -2.48. The highest BCUT2D eigenvalue weighted by Gasteiger charge is 2.53. The number of aliphatic hydroxyl groups excluding tert-OH is 11. The summed E-state index contributed by atoms with van der Waals surface area (Å²) in [5.74, 6) is -0.251. The standard InChI is InChI=1S/C59H107NO18/c1-3-5-7-9-11-13-14-15-16-17-18-19-20-21-22-23-24-25-26-27-28-29-31-33-35-37-47(65)60-42(43(64)36-34-32-30-12-10-8-6-4-2)41-73-57-53(71)50(68)55(45(39-62)75-57)78-59-54(72)51(69)56(46(40-63)76-59)77-58-52(70)49(67)48(66)44(38-61)74-58/h14-15,17-18,20-21,42-46,48-59,61-64,66-72H,3-13,16,19,22-41H2,1-2H3,(H,60,65)/b15-14-,18-17-,21-20-. The molecule has 0 radical (unpaired) electrons. The summed E-state index contributed by atoms with van der Waals surface area (Å²) in [6.07, 6.45) is 18.3. The van der Waals surface area contributed by atoms with Crippen LogP contribution in [0.15, 0.2) is 36.5 Å². The summed E-state index contributed by atoms with van der Waals surface area (Å²) in [7, 11) is 0.